The number of rotatable bonds is 7. The van der Waals surface area contributed by atoms with Crippen LogP contribution in [0.4, 0.5) is 18.9 Å². The first-order valence-corrected chi connectivity index (χ1v) is 11.9. The molecule has 1 saturated heterocycles. The Labute approximate surface area is 190 Å². The molecule has 1 aromatic carbocycles. The summed E-state index contributed by atoms with van der Waals surface area (Å²) in [6, 6.07) is 6.77. The van der Waals surface area contributed by atoms with E-state index in [0.29, 0.717) is 24.6 Å². The summed E-state index contributed by atoms with van der Waals surface area (Å²) in [7, 11) is -3.89. The molecule has 3 rings (SSSR count). The number of alkyl halides is 3. The minimum atomic E-state index is -4.60. The van der Waals surface area contributed by atoms with Crippen molar-refractivity contribution in [3.8, 4) is 5.75 Å². The van der Waals surface area contributed by atoms with E-state index in [4.69, 9.17) is 9.15 Å². The Balaban J connectivity index is 1.86. The summed E-state index contributed by atoms with van der Waals surface area (Å²) >= 11 is 0. The van der Waals surface area contributed by atoms with Crippen LogP contribution in [0, 0.1) is 6.92 Å². The third kappa shape index (κ3) is 7.10. The Kier molecular flexibility index (Phi) is 7.85. The highest BCUT2D eigenvalue weighted by molar-refractivity contribution is 7.89. The molecule has 180 valence electrons. The van der Waals surface area contributed by atoms with E-state index in [0.717, 1.165) is 43.9 Å². The van der Waals surface area contributed by atoms with Crippen molar-refractivity contribution in [1.29, 1.82) is 0 Å². The molecule has 1 N–H and O–H groups in total. The van der Waals surface area contributed by atoms with Crippen molar-refractivity contribution in [2.75, 3.05) is 25.0 Å². The third-order valence-corrected chi connectivity index (χ3v) is 6.86. The van der Waals surface area contributed by atoms with Crippen molar-refractivity contribution in [2.24, 2.45) is 0 Å². The first-order valence-electron chi connectivity index (χ1n) is 10.4. The number of nitrogens with one attached hydrogen (secondary N) is 1. The highest BCUT2D eigenvalue weighted by Gasteiger charge is 2.30. The maximum Gasteiger partial charge on any atom is 0.422 e. The van der Waals surface area contributed by atoms with E-state index >= 15 is 0 Å². The minimum Gasteiger partial charge on any atom is -0.482 e. The Morgan fingerprint density at radius 2 is 1.85 bits per heavy atom. The molecule has 1 amide bonds. The molecule has 1 aromatic heterocycles. The summed E-state index contributed by atoms with van der Waals surface area (Å²) < 4.78 is 75.6. The maximum atomic E-state index is 13.1. The lowest BCUT2D eigenvalue weighted by molar-refractivity contribution is -0.153. The zero-order chi connectivity index (χ0) is 24.1. The molecule has 0 radical (unpaired) electrons. The van der Waals surface area contributed by atoms with Crippen LogP contribution in [0.15, 0.2) is 45.7 Å². The molecule has 33 heavy (non-hydrogen) atoms. The number of sulfonamides is 1. The van der Waals surface area contributed by atoms with Crippen LogP contribution in [0.1, 0.15) is 37.2 Å². The summed E-state index contributed by atoms with van der Waals surface area (Å²) in [6.07, 6.45) is 1.23. The molecule has 1 aliphatic rings. The number of hydrogen-bond donors (Lipinski definition) is 1. The van der Waals surface area contributed by atoms with Crippen LogP contribution in [0.2, 0.25) is 0 Å². The number of hydrogen-bond acceptors (Lipinski definition) is 5. The van der Waals surface area contributed by atoms with Crippen molar-refractivity contribution in [3.05, 3.63) is 47.9 Å². The van der Waals surface area contributed by atoms with Crippen LogP contribution >= 0.6 is 0 Å². The Morgan fingerprint density at radius 3 is 2.45 bits per heavy atom. The molecule has 0 aliphatic carbocycles. The highest BCUT2D eigenvalue weighted by atomic mass is 32.2. The largest absolute Gasteiger partial charge is 0.482 e. The molecule has 7 nitrogen and oxygen atoms in total. The van der Waals surface area contributed by atoms with Gasteiger partial charge in [-0.1, -0.05) is 12.8 Å². The second-order valence-corrected chi connectivity index (χ2v) is 9.59. The number of furan rings is 1. The molecule has 1 aliphatic heterocycles. The zero-order valence-electron chi connectivity index (χ0n) is 18.0. The number of amides is 1. The number of carbonyl (C=O) groups is 1. The van der Waals surface area contributed by atoms with E-state index < -0.39 is 28.7 Å². The van der Waals surface area contributed by atoms with E-state index in [1.807, 2.05) is 0 Å². The van der Waals surface area contributed by atoms with Crippen LogP contribution in [0.25, 0.3) is 6.08 Å². The van der Waals surface area contributed by atoms with E-state index in [1.165, 1.54) is 16.4 Å². The fourth-order valence-corrected chi connectivity index (χ4v) is 4.90. The standard InChI is InChI=1S/C22H25F3N2O5S/c1-16-6-7-17(32-16)8-11-21(28)26-19-14-18(9-10-20(19)31-15-22(23,24)25)33(29,30)27-12-4-2-3-5-13-27/h6-11,14H,2-5,12-13,15H2,1H3,(H,26,28)/b11-8+. The average molecular weight is 487 g/mol. The fraction of sp³-hybridized carbons (Fsp3) is 0.409. The monoisotopic (exact) mass is 486 g/mol. The smallest absolute Gasteiger partial charge is 0.422 e. The number of halogens is 3. The topological polar surface area (TPSA) is 88.9 Å². The molecule has 0 unspecified atom stereocenters. The molecule has 0 atom stereocenters. The van der Waals surface area contributed by atoms with E-state index in [-0.39, 0.29) is 16.3 Å². The lowest BCUT2D eigenvalue weighted by atomic mass is 10.2. The summed E-state index contributed by atoms with van der Waals surface area (Å²) in [4.78, 5) is 12.2. The van der Waals surface area contributed by atoms with Crippen molar-refractivity contribution in [1.82, 2.24) is 4.31 Å². The van der Waals surface area contributed by atoms with Gasteiger partial charge in [-0.05, 0) is 56.2 Å². The number of aryl methyl sites for hydroxylation is 1. The Morgan fingerprint density at radius 1 is 1.15 bits per heavy atom. The molecular formula is C22H25F3N2O5S. The van der Waals surface area contributed by atoms with Crippen LogP contribution in [0.5, 0.6) is 5.75 Å². The van der Waals surface area contributed by atoms with Gasteiger partial charge in [0.1, 0.15) is 17.3 Å². The van der Waals surface area contributed by atoms with Gasteiger partial charge in [0.25, 0.3) is 0 Å². The SMILES string of the molecule is Cc1ccc(/C=C/C(=O)Nc2cc(S(=O)(=O)N3CCCCCC3)ccc2OCC(F)(F)F)o1. The van der Waals surface area contributed by atoms with Gasteiger partial charge in [0.05, 0.1) is 10.6 Å². The van der Waals surface area contributed by atoms with Gasteiger partial charge < -0.3 is 14.5 Å². The van der Waals surface area contributed by atoms with E-state index in [1.54, 1.807) is 19.1 Å². The first-order chi connectivity index (χ1) is 15.5. The third-order valence-electron chi connectivity index (χ3n) is 4.96. The van der Waals surface area contributed by atoms with Crippen molar-refractivity contribution in [2.45, 2.75) is 43.7 Å². The zero-order valence-corrected chi connectivity index (χ0v) is 18.8. The lowest BCUT2D eigenvalue weighted by Crippen LogP contribution is -2.32. The van der Waals surface area contributed by atoms with Gasteiger partial charge >= 0.3 is 6.18 Å². The van der Waals surface area contributed by atoms with Gasteiger partial charge in [-0.15, -0.1) is 0 Å². The Bertz CT molecular complexity index is 1100. The normalized spacial score (nSPS) is 16.0. The van der Waals surface area contributed by atoms with E-state index in [2.05, 4.69) is 5.32 Å². The molecule has 0 bridgehead atoms. The van der Waals surface area contributed by atoms with Gasteiger partial charge in [0, 0.05) is 19.2 Å². The van der Waals surface area contributed by atoms with Gasteiger partial charge in [-0.2, -0.15) is 17.5 Å². The van der Waals surface area contributed by atoms with Crippen molar-refractivity contribution >= 4 is 27.7 Å². The number of carbonyl (C=O) groups excluding carboxylic acids is 1. The maximum absolute atomic E-state index is 13.1. The van der Waals surface area contributed by atoms with Gasteiger partial charge in [-0.3, -0.25) is 4.79 Å². The van der Waals surface area contributed by atoms with E-state index in [9.17, 15) is 26.4 Å². The minimum absolute atomic E-state index is 0.135. The molecule has 2 aromatic rings. The number of ether oxygens (including phenoxy) is 1. The first kappa shape index (κ1) is 24.8. The second-order valence-electron chi connectivity index (χ2n) is 7.65. The Hall–Kier alpha value is -2.79. The molecule has 0 saturated carbocycles. The van der Waals surface area contributed by atoms with Gasteiger partial charge in [-0.25, -0.2) is 8.42 Å². The molecule has 11 heteroatoms. The lowest BCUT2D eigenvalue weighted by Gasteiger charge is -2.21. The number of benzene rings is 1. The van der Waals surface area contributed by atoms with Gasteiger partial charge in [0.15, 0.2) is 6.61 Å². The predicted molar refractivity (Wildman–Crippen MR) is 116 cm³/mol. The quantitative estimate of drug-likeness (QED) is 0.571. The second kappa shape index (κ2) is 10.4. The summed E-state index contributed by atoms with van der Waals surface area (Å²) in [5, 5.41) is 2.41. The molecule has 1 fully saturated rings. The molecule has 2 heterocycles. The van der Waals surface area contributed by atoms with Crippen LogP contribution in [0.3, 0.4) is 0 Å². The average Bonchev–Trinajstić information content (AvgIpc) is 2.98. The number of nitrogens with zero attached hydrogens (tertiary/aromatic N) is 1. The summed E-state index contributed by atoms with van der Waals surface area (Å²) in [5.74, 6) is 0.0703. The summed E-state index contributed by atoms with van der Waals surface area (Å²) in [5.41, 5.74) is -0.180. The predicted octanol–water partition coefficient (Wildman–Crippen LogP) is 4.75. The van der Waals surface area contributed by atoms with Crippen molar-refractivity contribution in [3.63, 3.8) is 0 Å². The highest BCUT2D eigenvalue weighted by Crippen LogP contribution is 2.31. The fourth-order valence-electron chi connectivity index (χ4n) is 3.36. The van der Waals surface area contributed by atoms with Crippen LogP contribution in [-0.4, -0.2) is 44.5 Å². The van der Waals surface area contributed by atoms with Crippen LogP contribution < -0.4 is 10.1 Å². The molecular weight excluding hydrogens is 461 g/mol. The van der Waals surface area contributed by atoms with Crippen molar-refractivity contribution < 1.29 is 35.5 Å². The molecule has 0 spiro atoms. The van der Waals surface area contributed by atoms with Crippen LogP contribution in [-0.2, 0) is 14.8 Å². The summed E-state index contributed by atoms with van der Waals surface area (Å²) in [6.45, 7) is 0.872. The van der Waals surface area contributed by atoms with Gasteiger partial charge in [0.2, 0.25) is 15.9 Å². The number of anilines is 1.